The van der Waals surface area contributed by atoms with Crippen LogP contribution in [0, 0.1) is 20.2 Å². The van der Waals surface area contributed by atoms with E-state index in [1.807, 2.05) is 0 Å². The van der Waals surface area contributed by atoms with E-state index in [4.69, 9.17) is 4.74 Å². The molecule has 0 aliphatic rings. The van der Waals surface area contributed by atoms with Crippen LogP contribution in [-0.2, 0) is 10.0 Å². The fourth-order valence-corrected chi connectivity index (χ4v) is 3.37. The van der Waals surface area contributed by atoms with Gasteiger partial charge in [0.2, 0.25) is 11.6 Å². The number of hydrogen-bond donors (Lipinski definition) is 2. The molecule has 0 bridgehead atoms. The number of pyridine rings is 1. The van der Waals surface area contributed by atoms with Crippen molar-refractivity contribution in [2.45, 2.75) is 4.90 Å². The molecule has 0 saturated carbocycles. The van der Waals surface area contributed by atoms with E-state index in [1.54, 1.807) is 0 Å². The highest BCUT2D eigenvalue weighted by molar-refractivity contribution is 7.92. The number of aromatic nitrogens is 3. The number of sulfonamides is 1. The van der Waals surface area contributed by atoms with Gasteiger partial charge in [0, 0.05) is 18.1 Å². The lowest BCUT2D eigenvalue weighted by molar-refractivity contribution is -0.394. The molecule has 2 N–H and O–H groups in total. The van der Waals surface area contributed by atoms with Gasteiger partial charge in [-0.2, -0.15) is 0 Å². The van der Waals surface area contributed by atoms with Gasteiger partial charge in [-0.05, 0) is 24.3 Å². The van der Waals surface area contributed by atoms with Gasteiger partial charge in [-0.1, -0.05) is 0 Å². The van der Waals surface area contributed by atoms with E-state index in [0.717, 1.165) is 12.3 Å². The van der Waals surface area contributed by atoms with Gasteiger partial charge >= 0.3 is 5.69 Å². The van der Waals surface area contributed by atoms with Crippen LogP contribution in [-0.4, -0.2) is 40.3 Å². The molecule has 3 aromatic rings. The van der Waals surface area contributed by atoms with Crippen LogP contribution >= 0.6 is 0 Å². The predicted molar refractivity (Wildman–Crippen MR) is 107 cm³/mol. The van der Waals surface area contributed by atoms with Crippen molar-refractivity contribution in [3.05, 3.63) is 69.2 Å². The van der Waals surface area contributed by atoms with Crippen LogP contribution in [0.4, 0.5) is 28.7 Å². The molecule has 2 aromatic heterocycles. The number of methoxy groups -OCH3 is 1. The lowest BCUT2D eigenvalue weighted by Crippen LogP contribution is -2.15. The number of hydrogen-bond acceptors (Lipinski definition) is 11. The van der Waals surface area contributed by atoms with Crippen molar-refractivity contribution in [3.63, 3.8) is 0 Å². The summed E-state index contributed by atoms with van der Waals surface area (Å²) in [6.45, 7) is 0. The molecule has 0 spiro atoms. The number of anilines is 3. The van der Waals surface area contributed by atoms with Crippen LogP contribution in [0.3, 0.4) is 0 Å². The zero-order valence-electron chi connectivity index (χ0n) is 15.6. The molecule has 0 saturated heterocycles. The van der Waals surface area contributed by atoms with Gasteiger partial charge in [0.1, 0.15) is 6.20 Å². The Labute approximate surface area is 174 Å². The SMILES string of the molecule is COc1nccnc1NS(=O)(=O)c1ccc(Nc2ncc([N+](=O)[O-])cc2[N+](=O)[O-])cc1. The molecule has 14 nitrogen and oxygen atoms in total. The summed E-state index contributed by atoms with van der Waals surface area (Å²) in [5.41, 5.74) is -0.882. The van der Waals surface area contributed by atoms with Crippen LogP contribution < -0.4 is 14.8 Å². The van der Waals surface area contributed by atoms with Crippen molar-refractivity contribution in [3.8, 4) is 5.88 Å². The van der Waals surface area contributed by atoms with Gasteiger partial charge < -0.3 is 10.1 Å². The second kappa shape index (κ2) is 8.54. The minimum absolute atomic E-state index is 0.0130. The Balaban J connectivity index is 1.83. The maximum absolute atomic E-state index is 12.6. The number of nitro groups is 2. The van der Waals surface area contributed by atoms with Crippen LogP contribution in [0.15, 0.2) is 53.8 Å². The number of rotatable bonds is 8. The molecule has 1 aromatic carbocycles. The van der Waals surface area contributed by atoms with E-state index in [0.29, 0.717) is 0 Å². The highest BCUT2D eigenvalue weighted by Crippen LogP contribution is 2.29. The summed E-state index contributed by atoms with van der Waals surface area (Å²) in [6.07, 6.45) is 3.49. The van der Waals surface area contributed by atoms with Gasteiger partial charge in [0.15, 0.2) is 0 Å². The van der Waals surface area contributed by atoms with Gasteiger partial charge in [0.05, 0.1) is 27.9 Å². The summed E-state index contributed by atoms with van der Waals surface area (Å²) in [5.74, 6) is -0.354. The fourth-order valence-electron chi connectivity index (χ4n) is 2.36. The van der Waals surface area contributed by atoms with E-state index in [1.165, 1.54) is 43.8 Å². The Morgan fingerprint density at radius 2 is 1.65 bits per heavy atom. The lowest BCUT2D eigenvalue weighted by Gasteiger charge is -2.10. The summed E-state index contributed by atoms with van der Waals surface area (Å²) in [7, 11) is -2.72. The van der Waals surface area contributed by atoms with E-state index in [2.05, 4.69) is 25.0 Å². The maximum Gasteiger partial charge on any atom is 0.318 e. The average molecular weight is 447 g/mol. The van der Waals surface area contributed by atoms with Crippen molar-refractivity contribution < 1.29 is 23.0 Å². The van der Waals surface area contributed by atoms with Gasteiger partial charge in [-0.3, -0.25) is 25.0 Å². The average Bonchev–Trinajstić information content (AvgIpc) is 2.74. The molecule has 0 unspecified atom stereocenters. The lowest BCUT2D eigenvalue weighted by atomic mass is 10.3. The second-order valence-electron chi connectivity index (χ2n) is 5.74. The molecule has 0 atom stereocenters. The summed E-state index contributed by atoms with van der Waals surface area (Å²) >= 11 is 0. The van der Waals surface area contributed by atoms with Crippen LogP contribution in [0.5, 0.6) is 5.88 Å². The summed E-state index contributed by atoms with van der Waals surface area (Å²) < 4.78 is 32.3. The molecule has 31 heavy (non-hydrogen) atoms. The second-order valence-corrected chi connectivity index (χ2v) is 7.43. The maximum atomic E-state index is 12.6. The van der Waals surface area contributed by atoms with E-state index in [9.17, 15) is 28.6 Å². The summed E-state index contributed by atoms with van der Waals surface area (Å²) in [6, 6.07) is 5.94. The first kappa shape index (κ1) is 21.3. The third-order valence-electron chi connectivity index (χ3n) is 3.78. The number of ether oxygens (including phenoxy) is 1. The normalized spacial score (nSPS) is 10.9. The zero-order valence-corrected chi connectivity index (χ0v) is 16.4. The standard InChI is InChI=1S/C16H13N7O7S/c1-30-16-15(17-6-7-18-16)21-31(28,29)12-4-2-10(3-5-12)20-14-13(23(26)27)8-11(9-19-14)22(24)25/h2-9H,1H3,(H,17,21)(H,19,20). The summed E-state index contributed by atoms with van der Waals surface area (Å²) in [5, 5.41) is 24.6. The third-order valence-corrected chi connectivity index (χ3v) is 5.13. The minimum atomic E-state index is -4.03. The smallest absolute Gasteiger partial charge is 0.318 e. The Morgan fingerprint density at radius 3 is 2.26 bits per heavy atom. The molecule has 0 aliphatic carbocycles. The van der Waals surface area contributed by atoms with Gasteiger partial charge in [-0.25, -0.2) is 23.4 Å². The van der Waals surface area contributed by atoms with Gasteiger partial charge in [0.25, 0.3) is 21.6 Å². The molecule has 0 fully saturated rings. The number of nitrogens with one attached hydrogen (secondary N) is 2. The molecule has 15 heteroatoms. The zero-order chi connectivity index (χ0) is 22.6. The predicted octanol–water partition coefficient (Wildman–Crippen LogP) is 2.24. The first-order valence-electron chi connectivity index (χ1n) is 8.25. The molecule has 3 rings (SSSR count). The van der Waals surface area contributed by atoms with Crippen molar-refractivity contribution in [2.24, 2.45) is 0 Å². The largest absolute Gasteiger partial charge is 0.478 e. The number of nitrogens with zero attached hydrogens (tertiary/aromatic N) is 5. The highest BCUT2D eigenvalue weighted by Gasteiger charge is 2.22. The Morgan fingerprint density at radius 1 is 0.968 bits per heavy atom. The Hall–Kier alpha value is -4.40. The molecular formula is C16H13N7O7S. The molecule has 0 amide bonds. The monoisotopic (exact) mass is 447 g/mol. The van der Waals surface area contributed by atoms with E-state index < -0.39 is 31.2 Å². The first-order valence-corrected chi connectivity index (χ1v) is 9.73. The molecule has 2 heterocycles. The van der Waals surface area contributed by atoms with Crippen LogP contribution in [0.1, 0.15) is 0 Å². The Bertz CT molecular complexity index is 1250. The van der Waals surface area contributed by atoms with E-state index in [-0.39, 0.29) is 28.1 Å². The van der Waals surface area contributed by atoms with Crippen molar-refractivity contribution in [2.75, 3.05) is 17.1 Å². The number of benzene rings is 1. The fraction of sp³-hybridized carbons (Fsp3) is 0.0625. The van der Waals surface area contributed by atoms with Crippen LogP contribution in [0.25, 0.3) is 0 Å². The topological polar surface area (TPSA) is 192 Å². The molecular weight excluding hydrogens is 434 g/mol. The minimum Gasteiger partial charge on any atom is -0.478 e. The quantitative estimate of drug-likeness (QED) is 0.380. The molecule has 160 valence electrons. The van der Waals surface area contributed by atoms with Crippen LogP contribution in [0.2, 0.25) is 0 Å². The molecule has 0 radical (unpaired) electrons. The summed E-state index contributed by atoms with van der Waals surface area (Å²) in [4.78, 5) is 31.7. The van der Waals surface area contributed by atoms with Gasteiger partial charge in [-0.15, -0.1) is 0 Å². The molecule has 0 aliphatic heterocycles. The third kappa shape index (κ3) is 4.78. The van der Waals surface area contributed by atoms with Crippen molar-refractivity contribution >= 4 is 38.7 Å². The first-order chi connectivity index (χ1) is 14.7. The van der Waals surface area contributed by atoms with E-state index >= 15 is 0 Å². The van der Waals surface area contributed by atoms with Crippen molar-refractivity contribution in [1.82, 2.24) is 15.0 Å². The Kier molecular flexibility index (Phi) is 5.87. The highest BCUT2D eigenvalue weighted by atomic mass is 32.2. The van der Waals surface area contributed by atoms with Crippen molar-refractivity contribution in [1.29, 1.82) is 0 Å².